The van der Waals surface area contributed by atoms with Gasteiger partial charge in [0.15, 0.2) is 0 Å². The molecule has 3 rings (SSSR count). The lowest BCUT2D eigenvalue weighted by Crippen LogP contribution is -2.27. The van der Waals surface area contributed by atoms with Gasteiger partial charge in [0.1, 0.15) is 24.0 Å². The molecular weight excluding hydrogens is 428 g/mol. The first-order valence-corrected chi connectivity index (χ1v) is 10.1. The van der Waals surface area contributed by atoms with Gasteiger partial charge in [-0.1, -0.05) is 35.1 Å². The summed E-state index contributed by atoms with van der Waals surface area (Å²) in [5.41, 5.74) is 1.51. The van der Waals surface area contributed by atoms with Crippen LogP contribution in [0.2, 0.25) is 5.02 Å². The van der Waals surface area contributed by atoms with E-state index in [1.807, 2.05) is 12.1 Å². The molecule has 8 nitrogen and oxygen atoms in total. The first kappa shape index (κ1) is 21.7. The molecule has 0 saturated heterocycles. The van der Waals surface area contributed by atoms with Crippen molar-refractivity contribution in [2.45, 2.75) is 13.2 Å². The summed E-state index contributed by atoms with van der Waals surface area (Å²) < 4.78 is 10.4. The van der Waals surface area contributed by atoms with Gasteiger partial charge in [-0.15, -0.1) is 10.2 Å². The Morgan fingerprint density at radius 2 is 1.93 bits per heavy atom. The summed E-state index contributed by atoms with van der Waals surface area (Å²) in [5.74, 6) is 0.0556. The maximum Gasteiger partial charge on any atom is 0.286 e. The zero-order valence-electron chi connectivity index (χ0n) is 16.1. The molecule has 0 fully saturated rings. The highest BCUT2D eigenvalue weighted by atomic mass is 35.5. The van der Waals surface area contributed by atoms with Crippen LogP contribution in [0.3, 0.4) is 0 Å². The predicted octanol–water partition coefficient (Wildman–Crippen LogP) is 3.29. The van der Waals surface area contributed by atoms with Crippen molar-refractivity contribution < 1.29 is 19.1 Å². The van der Waals surface area contributed by atoms with E-state index in [1.165, 1.54) is 0 Å². The van der Waals surface area contributed by atoms with Gasteiger partial charge in [-0.3, -0.25) is 9.59 Å². The molecule has 0 saturated carbocycles. The Labute approximate surface area is 182 Å². The number of ether oxygens (including phenoxy) is 2. The highest BCUT2D eigenvalue weighted by Crippen LogP contribution is 2.17. The molecule has 2 amide bonds. The highest BCUT2D eigenvalue weighted by molar-refractivity contribution is 7.13. The van der Waals surface area contributed by atoms with E-state index in [9.17, 15) is 9.59 Å². The molecule has 1 aromatic heterocycles. The van der Waals surface area contributed by atoms with E-state index in [1.54, 1.807) is 43.5 Å². The molecule has 1 heterocycles. The van der Waals surface area contributed by atoms with Crippen LogP contribution in [-0.4, -0.2) is 35.7 Å². The van der Waals surface area contributed by atoms with Crippen LogP contribution in [0.25, 0.3) is 0 Å². The minimum absolute atomic E-state index is 0.0814. The van der Waals surface area contributed by atoms with Gasteiger partial charge in [0.25, 0.3) is 5.91 Å². The highest BCUT2D eigenvalue weighted by Gasteiger charge is 2.14. The summed E-state index contributed by atoms with van der Waals surface area (Å²) in [4.78, 5) is 24.1. The van der Waals surface area contributed by atoms with Crippen LogP contribution in [0.1, 0.15) is 20.4 Å². The quantitative estimate of drug-likeness (QED) is 0.523. The zero-order chi connectivity index (χ0) is 21.3. The number of methoxy groups -OCH3 is 1. The summed E-state index contributed by atoms with van der Waals surface area (Å²) in [6.45, 7) is 0.308. The largest absolute Gasteiger partial charge is 0.497 e. The summed E-state index contributed by atoms with van der Waals surface area (Å²) in [7, 11) is 1.57. The number of aromatic nitrogens is 2. The Morgan fingerprint density at radius 3 is 2.67 bits per heavy atom. The molecule has 0 unspecified atom stereocenters. The van der Waals surface area contributed by atoms with Crippen LogP contribution in [0.15, 0.2) is 48.5 Å². The lowest BCUT2D eigenvalue weighted by molar-refractivity contribution is -0.126. The number of hydrogen-bond donors (Lipinski definition) is 2. The molecule has 0 atom stereocenters. The molecule has 10 heteroatoms. The summed E-state index contributed by atoms with van der Waals surface area (Å²) >= 11 is 7.01. The van der Waals surface area contributed by atoms with Crippen LogP contribution in [0.4, 0.5) is 5.69 Å². The maximum atomic E-state index is 12.3. The number of nitrogens with one attached hydrogen (secondary N) is 2. The lowest BCUT2D eigenvalue weighted by atomic mass is 10.2. The van der Waals surface area contributed by atoms with Gasteiger partial charge < -0.3 is 20.1 Å². The molecule has 0 bridgehead atoms. The SMILES string of the molecule is COc1ccc(NC(=O)c2nnc(COCC(=O)NCc3cccc(Cl)c3)s2)cc1. The molecule has 0 aliphatic rings. The van der Waals surface area contributed by atoms with Crippen LogP contribution in [0, 0.1) is 0 Å². The number of rotatable bonds is 9. The number of carbonyl (C=O) groups is 2. The van der Waals surface area contributed by atoms with Crippen molar-refractivity contribution in [2.75, 3.05) is 19.0 Å². The van der Waals surface area contributed by atoms with Gasteiger partial charge in [0.2, 0.25) is 10.9 Å². The Kier molecular flexibility index (Phi) is 7.72. The molecule has 0 aliphatic heterocycles. The van der Waals surface area contributed by atoms with Gasteiger partial charge in [-0.05, 0) is 42.0 Å². The van der Waals surface area contributed by atoms with E-state index in [4.69, 9.17) is 21.1 Å². The number of benzene rings is 2. The number of anilines is 1. The molecular formula is C20H19ClN4O4S. The number of carbonyl (C=O) groups excluding carboxylic acids is 2. The predicted molar refractivity (Wildman–Crippen MR) is 114 cm³/mol. The van der Waals surface area contributed by atoms with Gasteiger partial charge in [-0.25, -0.2) is 0 Å². The van der Waals surface area contributed by atoms with Crippen molar-refractivity contribution >= 4 is 40.4 Å². The zero-order valence-corrected chi connectivity index (χ0v) is 17.6. The van der Waals surface area contributed by atoms with E-state index in [0.717, 1.165) is 16.9 Å². The molecule has 30 heavy (non-hydrogen) atoms. The van der Waals surface area contributed by atoms with E-state index in [2.05, 4.69) is 20.8 Å². The number of amides is 2. The van der Waals surface area contributed by atoms with Crippen molar-refractivity contribution in [2.24, 2.45) is 0 Å². The molecule has 0 aliphatic carbocycles. The van der Waals surface area contributed by atoms with Gasteiger partial charge in [-0.2, -0.15) is 0 Å². The van der Waals surface area contributed by atoms with Crippen molar-refractivity contribution in [3.8, 4) is 5.75 Å². The standard InChI is InChI=1S/C20H19ClN4O4S/c1-28-16-7-5-15(6-8-16)23-19(27)20-25-24-18(30-20)12-29-11-17(26)22-10-13-3-2-4-14(21)9-13/h2-9H,10-12H2,1H3,(H,22,26)(H,23,27). The summed E-state index contributed by atoms with van der Waals surface area (Å²) in [6, 6.07) is 14.2. The maximum absolute atomic E-state index is 12.3. The second kappa shape index (κ2) is 10.7. The monoisotopic (exact) mass is 446 g/mol. The Hall–Kier alpha value is -3.01. The lowest BCUT2D eigenvalue weighted by Gasteiger charge is -2.06. The normalized spacial score (nSPS) is 10.5. The number of nitrogens with zero attached hydrogens (tertiary/aromatic N) is 2. The van der Waals surface area contributed by atoms with Gasteiger partial charge >= 0.3 is 0 Å². The summed E-state index contributed by atoms with van der Waals surface area (Å²) in [6.07, 6.45) is 0. The molecule has 3 aromatic rings. The van der Waals surface area contributed by atoms with E-state index in [0.29, 0.717) is 28.0 Å². The summed E-state index contributed by atoms with van der Waals surface area (Å²) in [5, 5.41) is 14.6. The Bertz CT molecular complexity index is 1010. The minimum atomic E-state index is -0.372. The van der Waals surface area contributed by atoms with Gasteiger partial charge in [0, 0.05) is 17.3 Å². The smallest absolute Gasteiger partial charge is 0.286 e. The first-order chi connectivity index (χ1) is 14.5. The second-order valence-corrected chi connectivity index (χ2v) is 7.58. The molecule has 0 radical (unpaired) electrons. The third-order valence-electron chi connectivity index (χ3n) is 3.85. The average Bonchev–Trinajstić information content (AvgIpc) is 3.22. The van der Waals surface area contributed by atoms with Crippen LogP contribution in [0.5, 0.6) is 5.75 Å². The third-order valence-corrected chi connectivity index (χ3v) is 4.98. The molecule has 156 valence electrons. The molecule has 2 N–H and O–H groups in total. The van der Waals surface area contributed by atoms with Crippen LogP contribution >= 0.6 is 22.9 Å². The van der Waals surface area contributed by atoms with E-state index < -0.39 is 0 Å². The van der Waals surface area contributed by atoms with E-state index in [-0.39, 0.29) is 30.0 Å². The fourth-order valence-electron chi connectivity index (χ4n) is 2.39. The van der Waals surface area contributed by atoms with Crippen molar-refractivity contribution in [3.05, 3.63) is 69.1 Å². The number of hydrogen-bond acceptors (Lipinski definition) is 7. The average molecular weight is 447 g/mol. The van der Waals surface area contributed by atoms with Crippen LogP contribution in [-0.2, 0) is 22.7 Å². The minimum Gasteiger partial charge on any atom is -0.497 e. The fourth-order valence-corrected chi connectivity index (χ4v) is 3.28. The second-order valence-electron chi connectivity index (χ2n) is 6.08. The van der Waals surface area contributed by atoms with E-state index >= 15 is 0 Å². The van der Waals surface area contributed by atoms with Crippen molar-refractivity contribution in [1.82, 2.24) is 15.5 Å². The number of halogens is 1. The van der Waals surface area contributed by atoms with Crippen molar-refractivity contribution in [1.29, 1.82) is 0 Å². The van der Waals surface area contributed by atoms with Gasteiger partial charge in [0.05, 0.1) is 7.11 Å². The molecule has 0 spiro atoms. The first-order valence-electron chi connectivity index (χ1n) is 8.90. The Balaban J connectivity index is 1.41. The molecule has 2 aromatic carbocycles. The topological polar surface area (TPSA) is 102 Å². The Morgan fingerprint density at radius 1 is 1.13 bits per heavy atom. The van der Waals surface area contributed by atoms with Crippen LogP contribution < -0.4 is 15.4 Å². The van der Waals surface area contributed by atoms with Crippen molar-refractivity contribution in [3.63, 3.8) is 0 Å². The fraction of sp³-hybridized carbons (Fsp3) is 0.200. The third kappa shape index (κ3) is 6.51.